The minimum absolute atomic E-state index is 0.629. The first-order valence-corrected chi connectivity index (χ1v) is 8.47. The van der Waals surface area contributed by atoms with Crippen molar-refractivity contribution in [1.29, 1.82) is 0 Å². The quantitative estimate of drug-likeness (QED) is 0.884. The Morgan fingerprint density at radius 1 is 1.20 bits per heavy atom. The lowest BCUT2D eigenvalue weighted by molar-refractivity contribution is -0.0706. The van der Waals surface area contributed by atoms with Gasteiger partial charge in [0.1, 0.15) is 0 Å². The Labute approximate surface area is 122 Å². The zero-order valence-electron chi connectivity index (χ0n) is 12.9. The van der Waals surface area contributed by atoms with Gasteiger partial charge in [-0.25, -0.2) is 0 Å². The van der Waals surface area contributed by atoms with Crippen molar-refractivity contribution in [3.8, 4) is 0 Å². The third kappa shape index (κ3) is 2.13. The van der Waals surface area contributed by atoms with E-state index in [0.717, 1.165) is 24.3 Å². The highest BCUT2D eigenvalue weighted by atomic mass is 14.9. The molecule has 0 saturated heterocycles. The largest absolute Gasteiger partial charge is 0.357 e. The number of rotatable bonds is 4. The van der Waals surface area contributed by atoms with Crippen LogP contribution in [0.3, 0.4) is 0 Å². The maximum absolute atomic E-state index is 3.86. The summed E-state index contributed by atoms with van der Waals surface area (Å²) in [6.45, 7) is 3.49. The first-order chi connectivity index (χ1) is 9.63. The number of hydrogen-bond donors (Lipinski definition) is 1. The molecule has 1 aromatic heterocycles. The fourth-order valence-corrected chi connectivity index (χ4v) is 5.86. The molecule has 4 bridgehead atoms. The fraction of sp³-hybridized carbons (Fsp3) is 0.778. The molecule has 1 heterocycles. The van der Waals surface area contributed by atoms with Crippen LogP contribution < -0.4 is 5.32 Å². The van der Waals surface area contributed by atoms with Crippen LogP contribution in [0.5, 0.6) is 0 Å². The van der Waals surface area contributed by atoms with Crippen molar-refractivity contribution >= 4 is 0 Å². The SMILES string of the molecule is CC(NCc1ccn(C)c1)C12CC3CC(CC(C3)C1)C2. The first kappa shape index (κ1) is 12.9. The van der Waals surface area contributed by atoms with Crippen molar-refractivity contribution in [2.45, 2.75) is 58.0 Å². The van der Waals surface area contributed by atoms with Gasteiger partial charge in [-0.1, -0.05) is 0 Å². The van der Waals surface area contributed by atoms with Crippen LogP contribution in [0, 0.1) is 23.2 Å². The van der Waals surface area contributed by atoms with E-state index in [0.29, 0.717) is 11.5 Å². The molecular weight excluding hydrogens is 244 g/mol. The van der Waals surface area contributed by atoms with Gasteiger partial charge in [-0.2, -0.15) is 0 Å². The van der Waals surface area contributed by atoms with Crippen molar-refractivity contribution in [2.75, 3.05) is 0 Å². The highest BCUT2D eigenvalue weighted by Crippen LogP contribution is 2.61. The van der Waals surface area contributed by atoms with Gasteiger partial charge in [-0.3, -0.25) is 0 Å². The van der Waals surface area contributed by atoms with Crippen LogP contribution in [-0.2, 0) is 13.6 Å². The zero-order valence-corrected chi connectivity index (χ0v) is 12.9. The van der Waals surface area contributed by atoms with Crippen LogP contribution >= 0.6 is 0 Å². The number of nitrogens with zero attached hydrogens (tertiary/aromatic N) is 1. The molecule has 4 fully saturated rings. The summed E-state index contributed by atoms with van der Waals surface area (Å²) < 4.78 is 2.15. The van der Waals surface area contributed by atoms with Gasteiger partial charge in [0.2, 0.25) is 0 Å². The fourth-order valence-electron chi connectivity index (χ4n) is 5.86. The molecule has 4 aliphatic rings. The Balaban J connectivity index is 1.44. The van der Waals surface area contributed by atoms with Gasteiger partial charge in [0.15, 0.2) is 0 Å². The Hall–Kier alpha value is -0.760. The van der Waals surface area contributed by atoms with Gasteiger partial charge in [-0.15, -0.1) is 0 Å². The molecule has 0 radical (unpaired) electrons. The standard InChI is InChI=1S/C18H28N2/c1-13(19-11-14-3-4-20(2)12-14)18-8-15-5-16(9-18)7-17(6-15)10-18/h3-4,12-13,15-17,19H,5-11H2,1-2H3. The molecule has 0 spiro atoms. The second-order valence-corrected chi connectivity index (χ2v) is 8.07. The Bertz CT molecular complexity index is 452. The summed E-state index contributed by atoms with van der Waals surface area (Å²) >= 11 is 0. The molecule has 110 valence electrons. The summed E-state index contributed by atoms with van der Waals surface area (Å²) in [5.41, 5.74) is 2.05. The molecule has 4 aliphatic carbocycles. The van der Waals surface area contributed by atoms with Crippen molar-refractivity contribution in [1.82, 2.24) is 9.88 Å². The van der Waals surface area contributed by atoms with Crippen molar-refractivity contribution in [3.05, 3.63) is 24.0 Å². The maximum Gasteiger partial charge on any atom is 0.0223 e. The number of hydrogen-bond acceptors (Lipinski definition) is 1. The number of aryl methyl sites for hydroxylation is 1. The lowest BCUT2D eigenvalue weighted by Gasteiger charge is -2.59. The lowest BCUT2D eigenvalue weighted by atomic mass is 9.48. The van der Waals surface area contributed by atoms with Crippen LogP contribution in [-0.4, -0.2) is 10.6 Å². The van der Waals surface area contributed by atoms with Crippen LogP contribution in [0.25, 0.3) is 0 Å². The van der Waals surface area contributed by atoms with E-state index in [1.165, 1.54) is 24.8 Å². The van der Waals surface area contributed by atoms with Gasteiger partial charge in [-0.05, 0) is 80.2 Å². The van der Waals surface area contributed by atoms with E-state index in [1.54, 1.807) is 19.3 Å². The molecule has 20 heavy (non-hydrogen) atoms. The van der Waals surface area contributed by atoms with Gasteiger partial charge in [0.05, 0.1) is 0 Å². The number of nitrogens with one attached hydrogen (secondary N) is 1. The van der Waals surface area contributed by atoms with E-state index in [2.05, 4.69) is 42.3 Å². The summed E-state index contributed by atoms with van der Waals surface area (Å²) in [5, 5.41) is 3.86. The average molecular weight is 272 g/mol. The highest BCUT2D eigenvalue weighted by molar-refractivity contribution is 5.11. The van der Waals surface area contributed by atoms with E-state index < -0.39 is 0 Å². The molecular formula is C18H28N2. The molecule has 0 aliphatic heterocycles. The lowest BCUT2D eigenvalue weighted by Crippen LogP contribution is -2.54. The van der Waals surface area contributed by atoms with E-state index in [1.807, 2.05) is 0 Å². The molecule has 4 saturated carbocycles. The molecule has 2 heteroatoms. The van der Waals surface area contributed by atoms with Crippen molar-refractivity contribution in [3.63, 3.8) is 0 Å². The van der Waals surface area contributed by atoms with Gasteiger partial charge >= 0.3 is 0 Å². The Morgan fingerprint density at radius 2 is 1.80 bits per heavy atom. The highest BCUT2D eigenvalue weighted by Gasteiger charge is 2.52. The molecule has 1 N–H and O–H groups in total. The Kier molecular flexibility index (Phi) is 2.99. The van der Waals surface area contributed by atoms with E-state index in [-0.39, 0.29) is 0 Å². The predicted octanol–water partition coefficient (Wildman–Crippen LogP) is 3.72. The van der Waals surface area contributed by atoms with E-state index >= 15 is 0 Å². The minimum atomic E-state index is 0.629. The van der Waals surface area contributed by atoms with Crippen LogP contribution in [0.15, 0.2) is 18.5 Å². The summed E-state index contributed by atoms with van der Waals surface area (Å²) in [6.07, 6.45) is 13.5. The maximum atomic E-state index is 3.86. The van der Waals surface area contributed by atoms with Crippen molar-refractivity contribution in [2.24, 2.45) is 30.2 Å². The van der Waals surface area contributed by atoms with Crippen molar-refractivity contribution < 1.29 is 0 Å². The Morgan fingerprint density at radius 3 is 2.30 bits per heavy atom. The molecule has 2 nitrogen and oxygen atoms in total. The topological polar surface area (TPSA) is 17.0 Å². The molecule has 1 atom stereocenters. The summed E-state index contributed by atoms with van der Waals surface area (Å²) in [7, 11) is 2.10. The third-order valence-corrected chi connectivity index (χ3v) is 6.51. The van der Waals surface area contributed by atoms with Crippen LogP contribution in [0.1, 0.15) is 51.0 Å². The monoisotopic (exact) mass is 272 g/mol. The summed E-state index contributed by atoms with van der Waals surface area (Å²) in [6, 6.07) is 2.91. The normalized spacial score (nSPS) is 40.2. The van der Waals surface area contributed by atoms with Gasteiger partial charge in [0.25, 0.3) is 0 Å². The summed E-state index contributed by atoms with van der Waals surface area (Å²) in [5.74, 6) is 3.17. The average Bonchev–Trinajstić information content (AvgIpc) is 2.80. The van der Waals surface area contributed by atoms with Gasteiger partial charge in [0, 0.05) is 32.0 Å². The molecule has 0 aromatic carbocycles. The summed E-state index contributed by atoms with van der Waals surface area (Å²) in [4.78, 5) is 0. The minimum Gasteiger partial charge on any atom is -0.357 e. The second-order valence-electron chi connectivity index (χ2n) is 8.07. The molecule has 5 rings (SSSR count). The molecule has 0 amide bonds. The predicted molar refractivity (Wildman–Crippen MR) is 82.3 cm³/mol. The molecule has 1 aromatic rings. The second kappa shape index (κ2) is 4.62. The van der Waals surface area contributed by atoms with E-state index in [9.17, 15) is 0 Å². The third-order valence-electron chi connectivity index (χ3n) is 6.51. The van der Waals surface area contributed by atoms with Gasteiger partial charge < -0.3 is 9.88 Å². The number of aromatic nitrogens is 1. The van der Waals surface area contributed by atoms with Crippen LogP contribution in [0.4, 0.5) is 0 Å². The molecule has 1 unspecified atom stereocenters. The van der Waals surface area contributed by atoms with Crippen LogP contribution in [0.2, 0.25) is 0 Å². The smallest absolute Gasteiger partial charge is 0.0223 e. The zero-order chi connectivity index (χ0) is 13.7. The first-order valence-electron chi connectivity index (χ1n) is 8.47. The van der Waals surface area contributed by atoms with E-state index in [4.69, 9.17) is 0 Å².